The Hall–Kier alpha value is -1.22. The third-order valence-corrected chi connectivity index (χ3v) is 5.64. The van der Waals surface area contributed by atoms with Crippen LogP contribution in [0, 0.1) is 6.92 Å². The van der Waals surface area contributed by atoms with Crippen molar-refractivity contribution in [2.24, 2.45) is 0 Å². The van der Waals surface area contributed by atoms with E-state index in [2.05, 4.69) is 14.9 Å². The van der Waals surface area contributed by atoms with Gasteiger partial charge < -0.3 is 4.74 Å². The van der Waals surface area contributed by atoms with Crippen LogP contribution in [0.3, 0.4) is 0 Å². The van der Waals surface area contributed by atoms with Crippen molar-refractivity contribution in [2.75, 3.05) is 18.4 Å². The second-order valence-corrected chi connectivity index (χ2v) is 7.33. The van der Waals surface area contributed by atoms with E-state index in [1.807, 2.05) is 0 Å². The topological polar surface area (TPSA) is 81.2 Å². The number of sulfonamides is 1. The lowest BCUT2D eigenvalue weighted by Gasteiger charge is -2.08. The van der Waals surface area contributed by atoms with Crippen LogP contribution in [0.15, 0.2) is 23.1 Å². The molecular weight excluding hydrogens is 334 g/mol. The predicted molar refractivity (Wildman–Crippen MR) is 82.5 cm³/mol. The number of benzene rings is 1. The van der Waals surface area contributed by atoms with Gasteiger partial charge in [0.2, 0.25) is 5.13 Å². The van der Waals surface area contributed by atoms with Crippen molar-refractivity contribution in [1.29, 1.82) is 0 Å². The second-order valence-electron chi connectivity index (χ2n) is 4.21. The van der Waals surface area contributed by atoms with Gasteiger partial charge in [0.15, 0.2) is 0 Å². The van der Waals surface area contributed by atoms with Crippen molar-refractivity contribution in [2.45, 2.75) is 18.2 Å². The van der Waals surface area contributed by atoms with Gasteiger partial charge in [0.1, 0.15) is 5.01 Å². The number of aromatic nitrogens is 2. The van der Waals surface area contributed by atoms with Crippen molar-refractivity contribution in [3.63, 3.8) is 0 Å². The molecular formula is C12H14ClN3O3S2. The molecule has 0 aliphatic carbocycles. The Labute approximate surface area is 132 Å². The summed E-state index contributed by atoms with van der Waals surface area (Å²) in [6.45, 7) is 2.16. The molecule has 0 aliphatic heterocycles. The molecule has 21 heavy (non-hydrogen) atoms. The van der Waals surface area contributed by atoms with E-state index < -0.39 is 10.0 Å². The summed E-state index contributed by atoms with van der Waals surface area (Å²) in [7, 11) is -2.14. The SMILES string of the molecule is COCCc1nnc(NS(=O)(=O)c2cccc(Cl)c2C)s1. The van der Waals surface area contributed by atoms with E-state index in [0.717, 1.165) is 0 Å². The normalized spacial score (nSPS) is 11.6. The van der Waals surface area contributed by atoms with Gasteiger partial charge in [0, 0.05) is 18.6 Å². The molecule has 0 atom stereocenters. The maximum atomic E-state index is 12.3. The van der Waals surface area contributed by atoms with Gasteiger partial charge in [-0.15, -0.1) is 10.2 Å². The van der Waals surface area contributed by atoms with Crippen LogP contribution in [0.2, 0.25) is 5.02 Å². The van der Waals surface area contributed by atoms with Crippen LogP contribution < -0.4 is 4.72 Å². The maximum absolute atomic E-state index is 12.3. The first-order valence-corrected chi connectivity index (χ1v) is 8.71. The summed E-state index contributed by atoms with van der Waals surface area (Å²) in [6.07, 6.45) is 0.589. The Kier molecular flexibility index (Phi) is 5.15. The first-order valence-electron chi connectivity index (χ1n) is 6.03. The molecule has 0 aliphatic rings. The Bertz CT molecular complexity index is 731. The number of rotatable bonds is 6. The Balaban J connectivity index is 2.21. The zero-order valence-corrected chi connectivity index (χ0v) is 13.8. The summed E-state index contributed by atoms with van der Waals surface area (Å²) in [5.41, 5.74) is 0.496. The van der Waals surface area contributed by atoms with Crippen molar-refractivity contribution in [3.8, 4) is 0 Å². The average molecular weight is 348 g/mol. The quantitative estimate of drug-likeness (QED) is 0.868. The molecule has 1 aromatic heterocycles. The lowest BCUT2D eigenvalue weighted by molar-refractivity contribution is 0.202. The van der Waals surface area contributed by atoms with E-state index in [9.17, 15) is 8.42 Å². The first-order chi connectivity index (χ1) is 9.94. The number of ether oxygens (including phenoxy) is 1. The molecule has 1 aromatic carbocycles. The molecule has 1 heterocycles. The van der Waals surface area contributed by atoms with Gasteiger partial charge in [0.05, 0.1) is 11.5 Å². The molecule has 0 saturated heterocycles. The largest absolute Gasteiger partial charge is 0.384 e. The van der Waals surface area contributed by atoms with E-state index in [0.29, 0.717) is 28.6 Å². The molecule has 9 heteroatoms. The molecule has 1 N–H and O–H groups in total. The summed E-state index contributed by atoms with van der Waals surface area (Å²) in [6, 6.07) is 4.73. The van der Waals surface area contributed by atoms with Crippen LogP contribution in [0.5, 0.6) is 0 Å². The molecule has 114 valence electrons. The van der Waals surface area contributed by atoms with Gasteiger partial charge in [-0.2, -0.15) is 0 Å². The highest BCUT2D eigenvalue weighted by atomic mass is 35.5. The highest BCUT2D eigenvalue weighted by molar-refractivity contribution is 7.93. The van der Waals surface area contributed by atoms with E-state index >= 15 is 0 Å². The summed E-state index contributed by atoms with van der Waals surface area (Å²) >= 11 is 7.13. The zero-order valence-electron chi connectivity index (χ0n) is 11.5. The monoisotopic (exact) mass is 347 g/mol. The summed E-state index contributed by atoms with van der Waals surface area (Å²) in [4.78, 5) is 0.128. The maximum Gasteiger partial charge on any atom is 0.264 e. The summed E-state index contributed by atoms with van der Waals surface area (Å²) in [5.74, 6) is 0. The molecule has 2 rings (SSSR count). The Morgan fingerprint density at radius 2 is 2.14 bits per heavy atom. The van der Waals surface area contributed by atoms with Crippen LogP contribution in [-0.2, 0) is 21.2 Å². The second kappa shape index (κ2) is 6.69. The van der Waals surface area contributed by atoms with E-state index in [1.54, 1.807) is 26.2 Å². The molecule has 0 spiro atoms. The van der Waals surface area contributed by atoms with Gasteiger partial charge in [0.25, 0.3) is 10.0 Å². The van der Waals surface area contributed by atoms with Crippen LogP contribution in [0.25, 0.3) is 0 Å². The highest BCUT2D eigenvalue weighted by Crippen LogP contribution is 2.25. The number of anilines is 1. The van der Waals surface area contributed by atoms with Crippen LogP contribution in [-0.4, -0.2) is 32.3 Å². The predicted octanol–water partition coefficient (Wildman–Crippen LogP) is 2.49. The fourth-order valence-corrected chi connectivity index (χ4v) is 4.08. The van der Waals surface area contributed by atoms with Crippen molar-refractivity contribution in [1.82, 2.24) is 10.2 Å². The van der Waals surface area contributed by atoms with Gasteiger partial charge >= 0.3 is 0 Å². The van der Waals surface area contributed by atoms with Crippen LogP contribution >= 0.6 is 22.9 Å². The molecule has 6 nitrogen and oxygen atoms in total. The molecule has 0 bridgehead atoms. The average Bonchev–Trinajstić information content (AvgIpc) is 2.86. The summed E-state index contributed by atoms with van der Waals surface area (Å²) in [5, 5.41) is 9.06. The lowest BCUT2D eigenvalue weighted by atomic mass is 10.2. The minimum Gasteiger partial charge on any atom is -0.384 e. The van der Waals surface area contributed by atoms with Gasteiger partial charge in [-0.05, 0) is 24.6 Å². The number of methoxy groups -OCH3 is 1. The number of halogens is 1. The third-order valence-electron chi connectivity index (χ3n) is 2.72. The van der Waals surface area contributed by atoms with E-state index in [1.165, 1.54) is 17.4 Å². The Morgan fingerprint density at radius 3 is 2.86 bits per heavy atom. The van der Waals surface area contributed by atoms with Gasteiger partial charge in [-0.3, -0.25) is 4.72 Å². The molecule has 0 unspecified atom stereocenters. The van der Waals surface area contributed by atoms with Gasteiger partial charge in [-0.1, -0.05) is 29.0 Å². The van der Waals surface area contributed by atoms with Crippen molar-refractivity contribution < 1.29 is 13.2 Å². The molecule has 0 fully saturated rings. The smallest absolute Gasteiger partial charge is 0.264 e. The highest BCUT2D eigenvalue weighted by Gasteiger charge is 2.20. The van der Waals surface area contributed by atoms with Crippen molar-refractivity contribution in [3.05, 3.63) is 33.8 Å². The third kappa shape index (κ3) is 3.91. The zero-order chi connectivity index (χ0) is 15.5. The fraction of sp³-hybridized carbons (Fsp3) is 0.333. The number of nitrogens with one attached hydrogen (secondary N) is 1. The van der Waals surface area contributed by atoms with E-state index in [4.69, 9.17) is 16.3 Å². The molecule has 0 radical (unpaired) electrons. The molecule has 0 amide bonds. The van der Waals surface area contributed by atoms with Crippen LogP contribution in [0.4, 0.5) is 5.13 Å². The standard InChI is InChI=1S/C12H14ClN3O3S2/c1-8-9(13)4-3-5-10(8)21(17,18)16-12-15-14-11(20-12)6-7-19-2/h3-5H,6-7H2,1-2H3,(H,15,16). The minimum absolute atomic E-state index is 0.128. The van der Waals surface area contributed by atoms with Crippen LogP contribution in [0.1, 0.15) is 10.6 Å². The number of hydrogen-bond donors (Lipinski definition) is 1. The first kappa shape index (κ1) is 16.2. The molecule has 0 saturated carbocycles. The fourth-order valence-electron chi connectivity index (χ4n) is 1.63. The van der Waals surface area contributed by atoms with Crippen molar-refractivity contribution >= 4 is 38.1 Å². The number of nitrogens with zero attached hydrogens (tertiary/aromatic N) is 2. The Morgan fingerprint density at radius 1 is 1.38 bits per heavy atom. The number of hydrogen-bond acceptors (Lipinski definition) is 6. The van der Waals surface area contributed by atoms with E-state index in [-0.39, 0.29) is 10.0 Å². The van der Waals surface area contributed by atoms with Gasteiger partial charge in [-0.25, -0.2) is 8.42 Å². The minimum atomic E-state index is -3.73. The lowest BCUT2D eigenvalue weighted by Crippen LogP contribution is -2.14. The summed E-state index contributed by atoms with van der Waals surface area (Å²) < 4.78 is 32.0. The molecule has 2 aromatic rings.